The van der Waals surface area contributed by atoms with Gasteiger partial charge in [0, 0.05) is 17.7 Å². The first-order chi connectivity index (χ1) is 11.9. The number of rotatable bonds is 4. The number of imidazole rings is 1. The van der Waals surface area contributed by atoms with Crippen LogP contribution in [0.25, 0.3) is 16.9 Å². The molecule has 0 bridgehead atoms. The highest BCUT2D eigenvalue weighted by Gasteiger charge is 2.13. The Kier molecular flexibility index (Phi) is 3.95. The molecule has 0 aliphatic carbocycles. The maximum absolute atomic E-state index is 4.73. The summed E-state index contributed by atoms with van der Waals surface area (Å²) in [6.07, 6.45) is 2.78. The topological polar surface area (TPSA) is 17.8 Å². The summed E-state index contributed by atoms with van der Waals surface area (Å²) in [5.41, 5.74) is 4.69. The van der Waals surface area contributed by atoms with Crippen molar-refractivity contribution >= 4 is 0 Å². The van der Waals surface area contributed by atoms with Gasteiger partial charge in [0.25, 0.3) is 0 Å². The molecule has 0 radical (unpaired) electrons. The van der Waals surface area contributed by atoms with Crippen molar-refractivity contribution in [3.8, 4) is 16.9 Å². The van der Waals surface area contributed by atoms with E-state index in [1.54, 1.807) is 0 Å². The van der Waals surface area contributed by atoms with Crippen LogP contribution in [0.5, 0.6) is 0 Å². The Labute approximate surface area is 142 Å². The van der Waals surface area contributed by atoms with Crippen LogP contribution < -0.4 is 0 Å². The van der Waals surface area contributed by atoms with Crippen LogP contribution in [0.4, 0.5) is 0 Å². The van der Waals surface area contributed by atoms with Crippen LogP contribution in [0.2, 0.25) is 0 Å². The molecule has 0 amide bonds. The van der Waals surface area contributed by atoms with Gasteiger partial charge in [-0.1, -0.05) is 78.9 Å². The van der Waals surface area contributed by atoms with Crippen LogP contribution in [-0.2, 0) is 6.42 Å². The molecule has 0 unspecified atom stereocenters. The normalized spacial score (nSPS) is 10.7. The molecular formula is C22H18N2. The van der Waals surface area contributed by atoms with E-state index >= 15 is 0 Å². The minimum absolute atomic E-state index is 0.808. The highest BCUT2D eigenvalue weighted by atomic mass is 15.1. The highest BCUT2D eigenvalue weighted by Crippen LogP contribution is 2.26. The predicted molar refractivity (Wildman–Crippen MR) is 98.2 cm³/mol. The minimum atomic E-state index is 0.808. The van der Waals surface area contributed by atoms with Crippen molar-refractivity contribution in [3.63, 3.8) is 0 Å². The van der Waals surface area contributed by atoms with E-state index in [9.17, 15) is 0 Å². The lowest BCUT2D eigenvalue weighted by molar-refractivity contribution is 0.918. The summed E-state index contributed by atoms with van der Waals surface area (Å²) in [5.74, 6) is 1.05. The summed E-state index contributed by atoms with van der Waals surface area (Å²) >= 11 is 0. The lowest BCUT2D eigenvalue weighted by atomic mass is 10.1. The third kappa shape index (κ3) is 2.86. The summed E-state index contributed by atoms with van der Waals surface area (Å²) < 4.78 is 2.25. The Morgan fingerprint density at radius 2 is 1.25 bits per heavy atom. The smallest absolute Gasteiger partial charge is 0.118 e. The molecular weight excluding hydrogens is 292 g/mol. The van der Waals surface area contributed by atoms with Crippen LogP contribution in [0.3, 0.4) is 0 Å². The van der Waals surface area contributed by atoms with Crippen LogP contribution in [0.15, 0.2) is 97.2 Å². The van der Waals surface area contributed by atoms with Crippen LogP contribution in [0.1, 0.15) is 11.4 Å². The standard InChI is InChI=1S/C22H18N2/c1-4-10-18(11-5-1)16-22-23-17-21(19-12-6-2-7-13-19)24(22)20-14-8-3-9-15-20/h1-15,17H,16H2. The Hall–Kier alpha value is -3.13. The summed E-state index contributed by atoms with van der Waals surface area (Å²) in [5, 5.41) is 0. The monoisotopic (exact) mass is 310 g/mol. The summed E-state index contributed by atoms with van der Waals surface area (Å²) in [7, 11) is 0. The third-order valence-corrected chi connectivity index (χ3v) is 4.12. The van der Waals surface area contributed by atoms with Crippen LogP contribution in [-0.4, -0.2) is 9.55 Å². The second-order valence-electron chi connectivity index (χ2n) is 5.76. The molecule has 0 aliphatic heterocycles. The maximum atomic E-state index is 4.73. The van der Waals surface area contributed by atoms with Crippen molar-refractivity contribution in [2.75, 3.05) is 0 Å². The predicted octanol–water partition coefficient (Wildman–Crippen LogP) is 5.13. The van der Waals surface area contributed by atoms with E-state index in [4.69, 9.17) is 4.98 Å². The van der Waals surface area contributed by atoms with Crippen molar-refractivity contribution in [2.24, 2.45) is 0 Å². The van der Waals surface area contributed by atoms with Gasteiger partial charge in [-0.25, -0.2) is 4.98 Å². The van der Waals surface area contributed by atoms with Crippen molar-refractivity contribution in [2.45, 2.75) is 6.42 Å². The highest BCUT2D eigenvalue weighted by molar-refractivity contribution is 5.62. The molecule has 24 heavy (non-hydrogen) atoms. The summed E-state index contributed by atoms with van der Waals surface area (Å²) in [6.45, 7) is 0. The minimum Gasteiger partial charge on any atom is -0.296 e. The fourth-order valence-electron chi connectivity index (χ4n) is 2.97. The summed E-state index contributed by atoms with van der Waals surface area (Å²) in [4.78, 5) is 4.73. The summed E-state index contributed by atoms with van der Waals surface area (Å²) in [6, 6.07) is 31.3. The molecule has 0 saturated heterocycles. The molecule has 3 aromatic carbocycles. The molecule has 0 saturated carbocycles. The van der Waals surface area contributed by atoms with Crippen LogP contribution >= 0.6 is 0 Å². The van der Waals surface area contributed by atoms with Gasteiger partial charge in [0.1, 0.15) is 5.82 Å². The average molecular weight is 310 g/mol. The Morgan fingerprint density at radius 1 is 0.667 bits per heavy atom. The number of hydrogen-bond acceptors (Lipinski definition) is 1. The first-order valence-corrected chi connectivity index (χ1v) is 8.13. The molecule has 1 heterocycles. The van der Waals surface area contributed by atoms with Gasteiger partial charge in [0.2, 0.25) is 0 Å². The van der Waals surface area contributed by atoms with Gasteiger partial charge in [0.05, 0.1) is 11.9 Å². The zero-order valence-electron chi connectivity index (χ0n) is 13.3. The number of aromatic nitrogens is 2. The Morgan fingerprint density at radius 3 is 1.92 bits per heavy atom. The van der Waals surface area contributed by atoms with E-state index in [1.807, 2.05) is 24.4 Å². The van der Waals surface area contributed by atoms with Crippen molar-refractivity contribution in [1.82, 2.24) is 9.55 Å². The van der Waals surface area contributed by atoms with Gasteiger partial charge in [-0.05, 0) is 17.7 Å². The first-order valence-electron chi connectivity index (χ1n) is 8.13. The molecule has 2 heteroatoms. The molecule has 1 aromatic heterocycles. The number of hydrogen-bond donors (Lipinski definition) is 0. The van der Waals surface area contributed by atoms with Crippen molar-refractivity contribution < 1.29 is 0 Å². The third-order valence-electron chi connectivity index (χ3n) is 4.12. The van der Waals surface area contributed by atoms with Gasteiger partial charge < -0.3 is 0 Å². The number of benzene rings is 3. The maximum Gasteiger partial charge on any atom is 0.118 e. The zero-order chi connectivity index (χ0) is 16.2. The van der Waals surface area contributed by atoms with Gasteiger partial charge in [-0.3, -0.25) is 4.57 Å². The number of nitrogens with zero attached hydrogens (tertiary/aromatic N) is 2. The molecule has 116 valence electrons. The SMILES string of the molecule is c1ccc(Cc2ncc(-c3ccccc3)n2-c2ccccc2)cc1. The van der Waals surface area contributed by atoms with E-state index in [2.05, 4.69) is 77.4 Å². The van der Waals surface area contributed by atoms with E-state index in [-0.39, 0.29) is 0 Å². The number of para-hydroxylation sites is 1. The Bertz CT molecular complexity index is 910. The first kappa shape index (κ1) is 14.5. The second kappa shape index (κ2) is 6.55. The largest absolute Gasteiger partial charge is 0.296 e. The van der Waals surface area contributed by atoms with Crippen LogP contribution in [0, 0.1) is 0 Å². The second-order valence-corrected chi connectivity index (χ2v) is 5.76. The molecule has 0 spiro atoms. The van der Waals surface area contributed by atoms with Gasteiger partial charge in [-0.15, -0.1) is 0 Å². The molecule has 4 rings (SSSR count). The van der Waals surface area contributed by atoms with E-state index in [0.29, 0.717) is 0 Å². The fraction of sp³-hybridized carbons (Fsp3) is 0.0455. The van der Waals surface area contributed by atoms with E-state index in [0.717, 1.165) is 23.6 Å². The lowest BCUT2D eigenvalue weighted by Crippen LogP contribution is -2.04. The van der Waals surface area contributed by atoms with Gasteiger partial charge in [0.15, 0.2) is 0 Å². The molecule has 0 fully saturated rings. The van der Waals surface area contributed by atoms with Crippen molar-refractivity contribution in [1.29, 1.82) is 0 Å². The van der Waals surface area contributed by atoms with Gasteiger partial charge >= 0.3 is 0 Å². The molecule has 4 aromatic rings. The lowest BCUT2D eigenvalue weighted by Gasteiger charge is -2.12. The molecule has 0 atom stereocenters. The zero-order valence-corrected chi connectivity index (χ0v) is 13.3. The fourth-order valence-corrected chi connectivity index (χ4v) is 2.97. The van der Waals surface area contributed by atoms with Crippen molar-refractivity contribution in [3.05, 3.63) is 109 Å². The van der Waals surface area contributed by atoms with Gasteiger partial charge in [-0.2, -0.15) is 0 Å². The van der Waals surface area contributed by atoms with E-state index < -0.39 is 0 Å². The quantitative estimate of drug-likeness (QED) is 0.511. The molecule has 0 aliphatic rings. The molecule has 2 nitrogen and oxygen atoms in total. The van der Waals surface area contributed by atoms with E-state index in [1.165, 1.54) is 11.1 Å². The molecule has 0 N–H and O–H groups in total. The Balaban J connectivity index is 1.84. The average Bonchev–Trinajstić information content (AvgIpc) is 3.07.